The summed E-state index contributed by atoms with van der Waals surface area (Å²) in [7, 11) is 0. The van der Waals surface area contributed by atoms with Gasteiger partial charge in [0.15, 0.2) is 0 Å². The molecule has 0 bridgehead atoms. The van der Waals surface area contributed by atoms with Crippen LogP contribution >= 0.6 is 34.7 Å². The number of benzene rings is 1. The molecule has 0 radical (unpaired) electrons. The molecule has 7 nitrogen and oxygen atoms in total. The molecule has 1 saturated heterocycles. The monoisotopic (exact) mass is 525 g/mol. The first-order chi connectivity index (χ1) is 17.2. The Bertz CT molecular complexity index is 1400. The number of aryl methyl sites for hydroxylation is 1. The summed E-state index contributed by atoms with van der Waals surface area (Å²) in [5.74, 6) is 1.29. The number of nitrogens with zero attached hydrogens (tertiary/aromatic N) is 4. The van der Waals surface area contributed by atoms with E-state index in [9.17, 15) is 4.79 Å². The number of halogens is 1. The van der Waals surface area contributed by atoms with Crippen LogP contribution < -0.4 is 10.2 Å². The molecule has 0 saturated carbocycles. The summed E-state index contributed by atoms with van der Waals surface area (Å²) in [6, 6.07) is 7.10. The summed E-state index contributed by atoms with van der Waals surface area (Å²) in [5, 5.41) is 5.54. The van der Waals surface area contributed by atoms with Gasteiger partial charge in [0.05, 0.1) is 29.2 Å². The van der Waals surface area contributed by atoms with Crippen LogP contribution in [0.25, 0.3) is 20.4 Å². The summed E-state index contributed by atoms with van der Waals surface area (Å²) >= 11 is 9.00. The number of carbonyl (C=O) groups excluding carboxylic acids is 1. The van der Waals surface area contributed by atoms with Crippen molar-refractivity contribution in [2.45, 2.75) is 30.7 Å². The van der Waals surface area contributed by atoms with E-state index in [1.165, 1.54) is 41.1 Å². The third-order valence-electron chi connectivity index (χ3n) is 6.45. The Labute approximate surface area is 216 Å². The third-order valence-corrected chi connectivity index (χ3v) is 8.90. The number of pyridine rings is 1. The van der Waals surface area contributed by atoms with Gasteiger partial charge in [0, 0.05) is 29.2 Å². The Morgan fingerprint density at radius 3 is 2.69 bits per heavy atom. The molecule has 0 atom stereocenters. The molecular weight excluding hydrogens is 502 g/mol. The predicted octanol–water partition coefficient (Wildman–Crippen LogP) is 5.34. The van der Waals surface area contributed by atoms with Crippen molar-refractivity contribution < 1.29 is 9.53 Å². The Hall–Kier alpha value is -2.46. The molecular formula is C25H24ClN5O2S2. The number of amides is 1. The maximum absolute atomic E-state index is 12.6. The van der Waals surface area contributed by atoms with E-state index >= 15 is 0 Å². The van der Waals surface area contributed by atoms with Crippen molar-refractivity contribution in [3.63, 3.8) is 0 Å². The van der Waals surface area contributed by atoms with Gasteiger partial charge in [-0.25, -0.2) is 15.0 Å². The van der Waals surface area contributed by atoms with Crippen LogP contribution in [0.2, 0.25) is 5.02 Å². The highest BCUT2D eigenvalue weighted by Crippen LogP contribution is 2.43. The Morgan fingerprint density at radius 2 is 1.89 bits per heavy atom. The summed E-state index contributed by atoms with van der Waals surface area (Å²) in [6.45, 7) is 3.23. The number of rotatable bonds is 5. The first kappa shape index (κ1) is 23.0. The molecule has 6 rings (SSSR count). The van der Waals surface area contributed by atoms with E-state index in [0.29, 0.717) is 5.02 Å². The zero-order valence-corrected chi connectivity index (χ0v) is 21.4. The maximum Gasteiger partial charge on any atom is 0.234 e. The highest BCUT2D eigenvalue weighted by molar-refractivity contribution is 8.00. The number of thioether (sulfide) groups is 1. The molecule has 4 heterocycles. The molecule has 10 heteroatoms. The number of anilines is 2. The van der Waals surface area contributed by atoms with Crippen LogP contribution in [0.15, 0.2) is 35.6 Å². The molecule has 180 valence electrons. The van der Waals surface area contributed by atoms with Gasteiger partial charge in [-0.3, -0.25) is 4.79 Å². The summed E-state index contributed by atoms with van der Waals surface area (Å²) in [5.41, 5.74) is 4.45. The van der Waals surface area contributed by atoms with Gasteiger partial charge in [-0.05, 0) is 61.1 Å². The number of carbonyl (C=O) groups is 1. The molecule has 4 aromatic rings. The van der Waals surface area contributed by atoms with E-state index < -0.39 is 0 Å². The lowest BCUT2D eigenvalue weighted by Gasteiger charge is -2.31. The summed E-state index contributed by atoms with van der Waals surface area (Å²) in [4.78, 5) is 30.3. The van der Waals surface area contributed by atoms with Gasteiger partial charge in [-0.15, -0.1) is 11.3 Å². The number of morpholine rings is 1. The van der Waals surface area contributed by atoms with Crippen molar-refractivity contribution in [2.24, 2.45) is 0 Å². The maximum atomic E-state index is 12.6. The van der Waals surface area contributed by atoms with E-state index in [4.69, 9.17) is 21.3 Å². The second-order valence-corrected chi connectivity index (χ2v) is 11.1. The van der Waals surface area contributed by atoms with Crippen LogP contribution in [0.3, 0.4) is 0 Å². The number of thiophene rings is 1. The smallest absolute Gasteiger partial charge is 0.234 e. The lowest BCUT2D eigenvalue weighted by Crippen LogP contribution is -2.37. The van der Waals surface area contributed by atoms with Crippen molar-refractivity contribution in [1.29, 1.82) is 0 Å². The fourth-order valence-electron chi connectivity index (χ4n) is 4.82. The Balaban J connectivity index is 1.33. The predicted molar refractivity (Wildman–Crippen MR) is 143 cm³/mol. The number of hydrogen-bond acceptors (Lipinski definition) is 8. The number of nitrogens with one attached hydrogen (secondary N) is 1. The van der Waals surface area contributed by atoms with Gasteiger partial charge in [-0.2, -0.15) is 0 Å². The van der Waals surface area contributed by atoms with Gasteiger partial charge in [0.1, 0.15) is 22.0 Å². The minimum atomic E-state index is -0.0877. The molecule has 2 aliphatic rings. The lowest BCUT2D eigenvalue weighted by molar-refractivity contribution is -0.113. The average Bonchev–Trinajstić information content (AvgIpc) is 3.28. The standard InChI is InChI=1S/C25H24ClN5O2S2/c26-15-5-7-16(8-6-15)29-19(32)13-34-25-22-21(27-14-28-25)20-17-3-1-2-4-18(17)23(30-24(20)35-22)31-9-11-33-12-10-31/h5-8,14H,1-4,9-13H2,(H,29,32). The van der Waals surface area contributed by atoms with Crippen LogP contribution in [0.5, 0.6) is 0 Å². The van der Waals surface area contributed by atoms with E-state index in [1.54, 1.807) is 41.9 Å². The number of fused-ring (bicyclic) bond motifs is 5. The zero-order chi connectivity index (χ0) is 23.8. The molecule has 1 fully saturated rings. The minimum absolute atomic E-state index is 0.0877. The van der Waals surface area contributed by atoms with Gasteiger partial charge in [0.25, 0.3) is 0 Å². The van der Waals surface area contributed by atoms with Crippen LogP contribution in [0, 0.1) is 0 Å². The van der Waals surface area contributed by atoms with Crippen molar-refractivity contribution in [3.8, 4) is 0 Å². The summed E-state index contributed by atoms with van der Waals surface area (Å²) < 4.78 is 6.58. The van der Waals surface area contributed by atoms with Gasteiger partial charge >= 0.3 is 0 Å². The second kappa shape index (κ2) is 9.89. The van der Waals surface area contributed by atoms with Gasteiger partial charge < -0.3 is 15.0 Å². The van der Waals surface area contributed by atoms with E-state index in [2.05, 4.69) is 20.2 Å². The first-order valence-corrected chi connectivity index (χ1v) is 14.0. The molecule has 1 aliphatic carbocycles. The number of hydrogen-bond donors (Lipinski definition) is 1. The van der Waals surface area contributed by atoms with Crippen molar-refractivity contribution in [1.82, 2.24) is 15.0 Å². The molecule has 1 N–H and O–H groups in total. The second-order valence-electron chi connectivity index (χ2n) is 8.68. The Kier molecular flexibility index (Phi) is 6.49. The molecule has 0 spiro atoms. The minimum Gasteiger partial charge on any atom is -0.378 e. The van der Waals surface area contributed by atoms with E-state index in [0.717, 1.165) is 70.7 Å². The van der Waals surface area contributed by atoms with Crippen LogP contribution in [0.1, 0.15) is 24.0 Å². The molecule has 35 heavy (non-hydrogen) atoms. The van der Waals surface area contributed by atoms with Gasteiger partial charge in [-0.1, -0.05) is 23.4 Å². The molecule has 1 aromatic carbocycles. The molecule has 3 aromatic heterocycles. The van der Waals surface area contributed by atoms with Crippen molar-refractivity contribution in [3.05, 3.63) is 46.7 Å². The van der Waals surface area contributed by atoms with Crippen LogP contribution in [-0.2, 0) is 22.4 Å². The first-order valence-electron chi connectivity index (χ1n) is 11.8. The quantitative estimate of drug-likeness (QED) is 0.278. The van der Waals surface area contributed by atoms with Crippen LogP contribution in [-0.4, -0.2) is 52.9 Å². The average molecular weight is 526 g/mol. The molecule has 1 aliphatic heterocycles. The summed E-state index contributed by atoms with van der Waals surface area (Å²) in [6.07, 6.45) is 6.09. The van der Waals surface area contributed by atoms with Crippen molar-refractivity contribution >= 4 is 72.5 Å². The van der Waals surface area contributed by atoms with Crippen molar-refractivity contribution in [2.75, 3.05) is 42.3 Å². The van der Waals surface area contributed by atoms with Crippen LogP contribution in [0.4, 0.5) is 11.5 Å². The SMILES string of the molecule is O=C(CSc1ncnc2c1sc1nc(N3CCOCC3)c3c(c12)CCCC3)Nc1ccc(Cl)cc1. The third kappa shape index (κ3) is 4.58. The number of aromatic nitrogens is 3. The largest absolute Gasteiger partial charge is 0.378 e. The topological polar surface area (TPSA) is 80.2 Å². The lowest BCUT2D eigenvalue weighted by atomic mass is 9.90. The highest BCUT2D eigenvalue weighted by atomic mass is 35.5. The fraction of sp³-hybridized carbons (Fsp3) is 0.360. The molecule has 0 unspecified atom stereocenters. The highest BCUT2D eigenvalue weighted by Gasteiger charge is 2.26. The van der Waals surface area contributed by atoms with Gasteiger partial charge in [0.2, 0.25) is 5.91 Å². The molecule has 1 amide bonds. The normalized spacial score (nSPS) is 16.0. The number of ether oxygens (including phenoxy) is 1. The van der Waals surface area contributed by atoms with E-state index in [1.807, 2.05) is 0 Å². The fourth-order valence-corrected chi connectivity index (χ4v) is 6.98. The van der Waals surface area contributed by atoms with E-state index in [-0.39, 0.29) is 11.7 Å². The Morgan fingerprint density at radius 1 is 1.11 bits per heavy atom. The zero-order valence-electron chi connectivity index (χ0n) is 19.1.